The van der Waals surface area contributed by atoms with Crippen LogP contribution >= 0.6 is 0 Å². The van der Waals surface area contributed by atoms with Crippen LogP contribution in [0, 0.1) is 10.1 Å². The summed E-state index contributed by atoms with van der Waals surface area (Å²) < 4.78 is 5.50. The van der Waals surface area contributed by atoms with Crippen molar-refractivity contribution in [2.75, 3.05) is 18.1 Å². The lowest BCUT2D eigenvalue weighted by Gasteiger charge is -2.35. The van der Waals surface area contributed by atoms with E-state index in [9.17, 15) is 20.0 Å². The number of benzene rings is 2. The second kappa shape index (κ2) is 8.84. The number of aliphatic carboxylic acids is 1. The predicted octanol–water partition coefficient (Wildman–Crippen LogP) is 4.04. The van der Waals surface area contributed by atoms with Crippen molar-refractivity contribution in [2.45, 2.75) is 26.3 Å². The number of hydrogen-bond acceptors (Lipinski definition) is 5. The molecule has 0 fully saturated rings. The summed E-state index contributed by atoms with van der Waals surface area (Å²) >= 11 is 0. The third-order valence-corrected chi connectivity index (χ3v) is 3.71. The van der Waals surface area contributed by atoms with Gasteiger partial charge in [-0.05, 0) is 11.6 Å². The van der Waals surface area contributed by atoms with E-state index >= 15 is 0 Å². The molecule has 138 valence electrons. The molecule has 0 bridgehead atoms. The smallest absolute Gasteiger partial charge is 0.331 e. The standard InChI is InChI=1S/C16H14N2O5.C3H8/c19-16(20)15(11-4-2-1-3-5-11)17-8-9-23-14-7-6-12(18(21)22)10-13(14)17;1-3-2/h1-7,10,15H,8-9H2,(H,19,20);3H2,1-2H3. The van der Waals surface area contributed by atoms with Crippen molar-refractivity contribution < 1.29 is 19.6 Å². The van der Waals surface area contributed by atoms with Crippen molar-refractivity contribution in [3.05, 3.63) is 64.2 Å². The summed E-state index contributed by atoms with van der Waals surface area (Å²) in [6.07, 6.45) is 1.25. The molecule has 1 N–H and O–H groups in total. The Kier molecular flexibility index (Phi) is 6.54. The third-order valence-electron chi connectivity index (χ3n) is 3.71. The minimum atomic E-state index is -1.02. The number of anilines is 1. The highest BCUT2D eigenvalue weighted by Gasteiger charge is 2.32. The minimum Gasteiger partial charge on any atom is -0.490 e. The van der Waals surface area contributed by atoms with Crippen LogP contribution in [0.2, 0.25) is 0 Å². The van der Waals surface area contributed by atoms with Crippen LogP contribution in [0.3, 0.4) is 0 Å². The van der Waals surface area contributed by atoms with Crippen LogP contribution in [0.1, 0.15) is 31.9 Å². The second-order valence-electron chi connectivity index (χ2n) is 5.81. The van der Waals surface area contributed by atoms with Gasteiger partial charge in [-0.3, -0.25) is 10.1 Å². The molecule has 1 atom stereocenters. The minimum absolute atomic E-state index is 0.101. The van der Waals surface area contributed by atoms with Crippen LogP contribution < -0.4 is 9.64 Å². The number of carboxylic acids is 1. The summed E-state index contributed by atoms with van der Waals surface area (Å²) in [5, 5.41) is 20.7. The van der Waals surface area contributed by atoms with E-state index in [1.54, 1.807) is 35.2 Å². The molecule has 7 nitrogen and oxygen atoms in total. The van der Waals surface area contributed by atoms with E-state index in [4.69, 9.17) is 4.74 Å². The van der Waals surface area contributed by atoms with Gasteiger partial charge < -0.3 is 14.7 Å². The zero-order valence-corrected chi connectivity index (χ0v) is 14.8. The molecule has 1 heterocycles. The SMILES string of the molecule is CCC.O=C(O)C(c1ccccc1)N1CCOc2ccc([N+](=O)[O-])cc21. The first-order valence-electron chi connectivity index (χ1n) is 8.45. The van der Waals surface area contributed by atoms with Crippen molar-refractivity contribution in [1.29, 1.82) is 0 Å². The summed E-state index contributed by atoms with van der Waals surface area (Å²) in [7, 11) is 0. The van der Waals surface area contributed by atoms with Crippen molar-refractivity contribution in [3.63, 3.8) is 0 Å². The molecule has 0 spiro atoms. The number of fused-ring (bicyclic) bond motifs is 1. The monoisotopic (exact) mass is 358 g/mol. The van der Waals surface area contributed by atoms with Gasteiger partial charge in [0.1, 0.15) is 12.4 Å². The molecule has 0 amide bonds. The maximum atomic E-state index is 11.8. The first kappa shape index (κ1) is 19.2. The van der Waals surface area contributed by atoms with Gasteiger partial charge in [0.05, 0.1) is 17.2 Å². The first-order valence-corrected chi connectivity index (χ1v) is 8.45. The Balaban J connectivity index is 0.000000758. The molecule has 2 aromatic carbocycles. The Bertz CT molecular complexity index is 764. The lowest BCUT2D eigenvalue weighted by molar-refractivity contribution is -0.384. The molecule has 1 unspecified atom stereocenters. The number of carbonyl (C=O) groups is 1. The van der Waals surface area contributed by atoms with Gasteiger partial charge in [0.15, 0.2) is 6.04 Å². The lowest BCUT2D eigenvalue weighted by atomic mass is 10.0. The highest BCUT2D eigenvalue weighted by Crippen LogP contribution is 2.39. The number of nitrogens with zero attached hydrogens (tertiary/aromatic N) is 2. The van der Waals surface area contributed by atoms with E-state index in [0.29, 0.717) is 30.2 Å². The van der Waals surface area contributed by atoms with Crippen molar-refractivity contribution in [3.8, 4) is 5.75 Å². The van der Waals surface area contributed by atoms with Gasteiger partial charge in [0.25, 0.3) is 5.69 Å². The fourth-order valence-corrected chi connectivity index (χ4v) is 2.70. The van der Waals surface area contributed by atoms with Crippen molar-refractivity contribution in [1.82, 2.24) is 0 Å². The van der Waals surface area contributed by atoms with Crippen LogP contribution in [-0.2, 0) is 4.79 Å². The summed E-state index contributed by atoms with van der Waals surface area (Å²) in [5.74, 6) is -0.570. The topological polar surface area (TPSA) is 92.9 Å². The van der Waals surface area contributed by atoms with Gasteiger partial charge in [0.2, 0.25) is 0 Å². The summed E-state index contributed by atoms with van der Waals surface area (Å²) in [6.45, 7) is 4.90. The number of ether oxygens (including phenoxy) is 1. The highest BCUT2D eigenvalue weighted by atomic mass is 16.6. The Labute approximate surface area is 152 Å². The molecule has 0 saturated heterocycles. The van der Waals surface area contributed by atoms with Gasteiger partial charge in [0, 0.05) is 12.1 Å². The maximum Gasteiger partial charge on any atom is 0.331 e. The van der Waals surface area contributed by atoms with Crippen molar-refractivity contribution >= 4 is 17.3 Å². The number of nitro groups is 1. The number of rotatable bonds is 4. The molecular formula is C19H22N2O5. The number of non-ortho nitro benzene ring substituents is 1. The zero-order valence-electron chi connectivity index (χ0n) is 14.8. The Morgan fingerprint density at radius 2 is 1.92 bits per heavy atom. The molecule has 2 aromatic rings. The Morgan fingerprint density at radius 3 is 2.50 bits per heavy atom. The average Bonchev–Trinajstić information content (AvgIpc) is 2.63. The molecule has 7 heteroatoms. The van der Waals surface area contributed by atoms with Gasteiger partial charge in [-0.25, -0.2) is 4.79 Å². The van der Waals surface area contributed by atoms with E-state index in [2.05, 4.69) is 13.8 Å². The quantitative estimate of drug-likeness (QED) is 0.655. The van der Waals surface area contributed by atoms with Crippen LogP contribution in [-0.4, -0.2) is 29.2 Å². The van der Waals surface area contributed by atoms with E-state index < -0.39 is 16.9 Å². The highest BCUT2D eigenvalue weighted by molar-refractivity contribution is 5.82. The summed E-state index contributed by atoms with van der Waals surface area (Å²) in [4.78, 5) is 23.9. The molecular weight excluding hydrogens is 336 g/mol. The fourth-order valence-electron chi connectivity index (χ4n) is 2.70. The van der Waals surface area contributed by atoms with Crippen LogP contribution in [0.25, 0.3) is 0 Å². The normalized spacial score (nSPS) is 13.5. The van der Waals surface area contributed by atoms with Gasteiger partial charge in [-0.2, -0.15) is 0 Å². The van der Waals surface area contributed by atoms with Crippen LogP contribution in [0.4, 0.5) is 11.4 Å². The van der Waals surface area contributed by atoms with Gasteiger partial charge in [-0.1, -0.05) is 50.6 Å². The first-order chi connectivity index (χ1) is 12.5. The van der Waals surface area contributed by atoms with E-state index in [1.807, 2.05) is 0 Å². The second-order valence-corrected chi connectivity index (χ2v) is 5.81. The number of hydrogen-bond donors (Lipinski definition) is 1. The molecule has 0 aliphatic carbocycles. The number of carboxylic acid groups (broad SMARTS) is 1. The van der Waals surface area contributed by atoms with Gasteiger partial charge in [-0.15, -0.1) is 0 Å². The third kappa shape index (κ3) is 4.30. The van der Waals surface area contributed by atoms with Crippen LogP contribution in [0.5, 0.6) is 5.75 Å². The molecule has 1 aliphatic rings. The van der Waals surface area contributed by atoms with Crippen LogP contribution in [0.15, 0.2) is 48.5 Å². The zero-order chi connectivity index (χ0) is 19.1. The summed E-state index contributed by atoms with van der Waals surface area (Å²) in [5.41, 5.74) is 0.928. The molecule has 3 rings (SSSR count). The maximum absolute atomic E-state index is 11.8. The fraction of sp³-hybridized carbons (Fsp3) is 0.316. The van der Waals surface area contributed by atoms with Gasteiger partial charge >= 0.3 is 5.97 Å². The molecule has 0 aromatic heterocycles. The summed E-state index contributed by atoms with van der Waals surface area (Å²) in [6, 6.07) is 12.1. The van der Waals surface area contributed by atoms with Crippen molar-refractivity contribution in [2.24, 2.45) is 0 Å². The Hall–Kier alpha value is -3.09. The molecule has 26 heavy (non-hydrogen) atoms. The Morgan fingerprint density at radius 1 is 1.27 bits per heavy atom. The lowest BCUT2D eigenvalue weighted by Crippen LogP contribution is -2.39. The predicted molar refractivity (Wildman–Crippen MR) is 98.7 cm³/mol. The van der Waals surface area contributed by atoms with E-state index in [0.717, 1.165) is 0 Å². The van der Waals surface area contributed by atoms with E-state index in [-0.39, 0.29) is 5.69 Å². The average molecular weight is 358 g/mol. The molecule has 0 saturated carbocycles. The number of nitro benzene ring substituents is 1. The molecule has 0 radical (unpaired) electrons. The van der Waals surface area contributed by atoms with E-state index in [1.165, 1.54) is 24.6 Å². The molecule has 1 aliphatic heterocycles. The largest absolute Gasteiger partial charge is 0.490 e.